The second-order valence-corrected chi connectivity index (χ2v) is 7.92. The molecule has 28 heavy (non-hydrogen) atoms. The van der Waals surface area contributed by atoms with Crippen LogP contribution in [0.4, 0.5) is 0 Å². The van der Waals surface area contributed by atoms with E-state index in [4.69, 9.17) is 4.42 Å². The van der Waals surface area contributed by atoms with Crippen molar-refractivity contribution in [1.29, 1.82) is 0 Å². The van der Waals surface area contributed by atoms with Crippen LogP contribution >= 0.6 is 0 Å². The predicted octanol–water partition coefficient (Wildman–Crippen LogP) is 2.38. The number of carbonyl (C=O) groups is 1. The van der Waals surface area contributed by atoms with Crippen molar-refractivity contribution in [3.8, 4) is 0 Å². The Hall–Kier alpha value is -2.02. The van der Waals surface area contributed by atoms with Crippen LogP contribution in [-0.4, -0.2) is 62.1 Å². The monoisotopic (exact) mass is 391 g/mol. The molecule has 7 nitrogen and oxygen atoms in total. The second-order valence-electron chi connectivity index (χ2n) is 7.92. The first-order valence-electron chi connectivity index (χ1n) is 10.6. The minimum atomic E-state index is -0.162. The summed E-state index contributed by atoms with van der Waals surface area (Å²) in [5.41, 5.74) is 0.855. The summed E-state index contributed by atoms with van der Waals surface area (Å²) in [6.07, 6.45) is 4.62. The van der Waals surface area contributed by atoms with Crippen LogP contribution in [0.15, 0.2) is 21.7 Å². The lowest BCUT2D eigenvalue weighted by molar-refractivity contribution is 0.0925. The Labute approximate surface area is 169 Å². The number of amides is 1. The molecule has 1 amide bonds. The number of rotatable bonds is 9. The molecule has 3 N–H and O–H groups in total. The number of nitrogens with one attached hydrogen (secondary N) is 3. The zero-order valence-corrected chi connectivity index (χ0v) is 17.9. The van der Waals surface area contributed by atoms with Crippen LogP contribution in [0, 0.1) is 12.8 Å². The highest BCUT2D eigenvalue weighted by Gasteiger charge is 2.20. The van der Waals surface area contributed by atoms with Gasteiger partial charge in [-0.25, -0.2) is 0 Å². The summed E-state index contributed by atoms with van der Waals surface area (Å²) in [4.78, 5) is 19.2. The summed E-state index contributed by atoms with van der Waals surface area (Å²) >= 11 is 0. The van der Waals surface area contributed by atoms with Crippen molar-refractivity contribution in [2.45, 2.75) is 53.0 Å². The number of likely N-dealkylation sites (tertiary alicyclic amines) is 1. The molecule has 2 rings (SSSR count). The summed E-state index contributed by atoms with van der Waals surface area (Å²) in [5, 5.41) is 9.78. The van der Waals surface area contributed by atoms with E-state index in [9.17, 15) is 4.79 Å². The van der Waals surface area contributed by atoms with Crippen LogP contribution < -0.4 is 16.0 Å². The molecule has 0 saturated carbocycles. The molecule has 1 aliphatic rings. The van der Waals surface area contributed by atoms with Gasteiger partial charge in [-0.1, -0.05) is 13.8 Å². The van der Waals surface area contributed by atoms with Crippen molar-refractivity contribution >= 4 is 11.9 Å². The third-order valence-corrected chi connectivity index (χ3v) is 4.85. The van der Waals surface area contributed by atoms with Gasteiger partial charge in [0.2, 0.25) is 0 Å². The Morgan fingerprint density at radius 1 is 1.32 bits per heavy atom. The number of aliphatic imine (C=N–C) groups is 1. The van der Waals surface area contributed by atoms with E-state index in [0.717, 1.165) is 56.3 Å². The largest absolute Gasteiger partial charge is 0.459 e. The molecule has 0 unspecified atom stereocenters. The molecule has 1 aromatic heterocycles. The SMILES string of the molecule is CCNC(=NCCCNC(=O)c1occc1C)NC1CCN(CC(C)C)CC1. The molecule has 1 aromatic rings. The quantitative estimate of drug-likeness (QED) is 0.342. The molecule has 0 aliphatic carbocycles. The number of piperidine rings is 1. The summed E-state index contributed by atoms with van der Waals surface area (Å²) in [5.74, 6) is 1.82. The Morgan fingerprint density at radius 2 is 2.07 bits per heavy atom. The van der Waals surface area contributed by atoms with Gasteiger partial charge in [0, 0.05) is 50.9 Å². The first kappa shape index (κ1) is 22.3. The molecule has 0 atom stereocenters. The third kappa shape index (κ3) is 7.54. The summed E-state index contributed by atoms with van der Waals surface area (Å²) in [7, 11) is 0. The Morgan fingerprint density at radius 3 is 2.68 bits per heavy atom. The third-order valence-electron chi connectivity index (χ3n) is 4.85. The van der Waals surface area contributed by atoms with Gasteiger partial charge in [-0.3, -0.25) is 9.79 Å². The summed E-state index contributed by atoms with van der Waals surface area (Å²) < 4.78 is 5.20. The van der Waals surface area contributed by atoms with Gasteiger partial charge in [0.05, 0.1) is 6.26 Å². The van der Waals surface area contributed by atoms with Crippen LogP contribution in [0.2, 0.25) is 0 Å². The minimum absolute atomic E-state index is 0.162. The molecule has 158 valence electrons. The highest BCUT2D eigenvalue weighted by molar-refractivity contribution is 5.92. The normalized spacial score (nSPS) is 16.4. The number of aryl methyl sites for hydroxylation is 1. The lowest BCUT2D eigenvalue weighted by Crippen LogP contribution is -2.49. The second kappa shape index (κ2) is 11.7. The molecule has 0 bridgehead atoms. The van der Waals surface area contributed by atoms with Gasteiger partial charge in [-0.2, -0.15) is 0 Å². The fourth-order valence-electron chi connectivity index (χ4n) is 3.45. The maximum absolute atomic E-state index is 12.0. The van der Waals surface area contributed by atoms with E-state index in [1.807, 2.05) is 6.92 Å². The fraction of sp³-hybridized carbons (Fsp3) is 0.714. The standard InChI is InChI=1S/C21H37N5O2/c1-5-22-21(25-18-7-12-26(13-8-18)15-16(2)3)24-11-6-10-23-20(27)19-17(4)9-14-28-19/h9,14,16,18H,5-8,10-13,15H2,1-4H3,(H,23,27)(H2,22,24,25). The number of carbonyl (C=O) groups excluding carboxylic acids is 1. The molecule has 7 heteroatoms. The minimum Gasteiger partial charge on any atom is -0.459 e. The van der Waals surface area contributed by atoms with E-state index >= 15 is 0 Å². The number of guanidine groups is 1. The van der Waals surface area contributed by atoms with Crippen molar-refractivity contribution in [2.75, 3.05) is 39.3 Å². The predicted molar refractivity (Wildman–Crippen MR) is 114 cm³/mol. The van der Waals surface area contributed by atoms with E-state index in [-0.39, 0.29) is 5.91 Å². The van der Waals surface area contributed by atoms with Crippen LogP contribution in [0.1, 0.15) is 56.2 Å². The van der Waals surface area contributed by atoms with Crippen molar-refractivity contribution in [3.05, 3.63) is 23.7 Å². The van der Waals surface area contributed by atoms with Crippen molar-refractivity contribution in [2.24, 2.45) is 10.9 Å². The molecule has 1 aliphatic heterocycles. The topological polar surface area (TPSA) is 81.9 Å². The summed E-state index contributed by atoms with van der Waals surface area (Å²) in [6.45, 7) is 14.1. The first-order valence-corrected chi connectivity index (χ1v) is 10.6. The molecule has 0 aromatic carbocycles. The number of hydrogen-bond acceptors (Lipinski definition) is 4. The molecule has 1 fully saturated rings. The van der Waals surface area contributed by atoms with Gasteiger partial charge in [-0.15, -0.1) is 0 Å². The van der Waals surface area contributed by atoms with Crippen molar-refractivity contribution in [1.82, 2.24) is 20.9 Å². The van der Waals surface area contributed by atoms with Gasteiger partial charge < -0.3 is 25.3 Å². The maximum Gasteiger partial charge on any atom is 0.287 e. The Balaban J connectivity index is 1.69. The highest BCUT2D eigenvalue weighted by atomic mass is 16.3. The van der Waals surface area contributed by atoms with E-state index in [0.29, 0.717) is 24.9 Å². The van der Waals surface area contributed by atoms with Gasteiger partial charge in [0.25, 0.3) is 5.91 Å². The highest BCUT2D eigenvalue weighted by Crippen LogP contribution is 2.12. The van der Waals surface area contributed by atoms with Gasteiger partial charge in [-0.05, 0) is 45.1 Å². The van der Waals surface area contributed by atoms with Crippen LogP contribution in [0.3, 0.4) is 0 Å². The number of furan rings is 1. The Kier molecular flexibility index (Phi) is 9.34. The van der Waals surface area contributed by atoms with Crippen molar-refractivity contribution < 1.29 is 9.21 Å². The van der Waals surface area contributed by atoms with Gasteiger partial charge in [0.1, 0.15) is 0 Å². The number of nitrogens with zero attached hydrogens (tertiary/aromatic N) is 2. The van der Waals surface area contributed by atoms with E-state index in [1.165, 1.54) is 12.8 Å². The van der Waals surface area contributed by atoms with Crippen LogP contribution in [0.5, 0.6) is 0 Å². The van der Waals surface area contributed by atoms with E-state index in [2.05, 4.69) is 46.6 Å². The van der Waals surface area contributed by atoms with Gasteiger partial charge >= 0.3 is 0 Å². The maximum atomic E-state index is 12.0. The van der Waals surface area contributed by atoms with Crippen LogP contribution in [0.25, 0.3) is 0 Å². The van der Waals surface area contributed by atoms with E-state index < -0.39 is 0 Å². The average molecular weight is 392 g/mol. The van der Waals surface area contributed by atoms with E-state index in [1.54, 1.807) is 6.07 Å². The smallest absolute Gasteiger partial charge is 0.287 e. The molecule has 0 spiro atoms. The molecule has 2 heterocycles. The van der Waals surface area contributed by atoms with Crippen LogP contribution in [-0.2, 0) is 0 Å². The zero-order valence-electron chi connectivity index (χ0n) is 17.9. The lowest BCUT2D eigenvalue weighted by Gasteiger charge is -2.34. The fourth-order valence-corrected chi connectivity index (χ4v) is 3.45. The molecular formula is C21H37N5O2. The number of hydrogen-bond donors (Lipinski definition) is 3. The molecule has 0 radical (unpaired) electrons. The lowest BCUT2D eigenvalue weighted by atomic mass is 10.0. The van der Waals surface area contributed by atoms with Gasteiger partial charge in [0.15, 0.2) is 11.7 Å². The summed E-state index contributed by atoms with van der Waals surface area (Å²) in [6, 6.07) is 2.27. The van der Waals surface area contributed by atoms with Crippen molar-refractivity contribution in [3.63, 3.8) is 0 Å². The zero-order chi connectivity index (χ0) is 20.4. The Bertz CT molecular complexity index is 618. The molecular weight excluding hydrogens is 354 g/mol. The average Bonchev–Trinajstić information content (AvgIpc) is 3.08. The first-order chi connectivity index (χ1) is 13.5. The molecule has 1 saturated heterocycles.